The van der Waals surface area contributed by atoms with Crippen molar-refractivity contribution in [3.05, 3.63) is 125 Å². The Bertz CT molecular complexity index is 1770. The van der Waals surface area contributed by atoms with Gasteiger partial charge in [0, 0.05) is 65.7 Å². The number of carbonyl (C=O) groups is 4. The van der Waals surface area contributed by atoms with Gasteiger partial charge in [0.2, 0.25) is 23.6 Å². The molecule has 1 aliphatic heterocycles. The van der Waals surface area contributed by atoms with E-state index in [1.165, 1.54) is 9.80 Å². The molecule has 0 unspecified atom stereocenters. The third kappa shape index (κ3) is 10.6. The highest BCUT2D eigenvalue weighted by Gasteiger charge is 2.34. The maximum Gasteiger partial charge on any atom is 0.243 e. The Morgan fingerprint density at radius 3 is 1.37 bits per heavy atom. The van der Waals surface area contributed by atoms with E-state index >= 15 is 0 Å². The van der Waals surface area contributed by atoms with E-state index in [1.807, 2.05) is 135 Å². The fraction of sp³-hybridized carbons (Fsp3) is 0.333. The summed E-state index contributed by atoms with van der Waals surface area (Å²) in [5.74, 6) is -0.718. The van der Waals surface area contributed by atoms with Crippen molar-refractivity contribution in [2.75, 3.05) is 71.3 Å². The minimum atomic E-state index is -0.405. The Morgan fingerprint density at radius 2 is 0.981 bits per heavy atom. The second-order valence-corrected chi connectivity index (χ2v) is 14.0. The van der Waals surface area contributed by atoms with Crippen LogP contribution in [0.2, 0.25) is 0 Å². The van der Waals surface area contributed by atoms with Crippen LogP contribution in [0.3, 0.4) is 0 Å². The molecule has 0 aliphatic carbocycles. The van der Waals surface area contributed by atoms with Crippen LogP contribution in [0.25, 0.3) is 0 Å². The molecule has 12 heteroatoms. The summed E-state index contributed by atoms with van der Waals surface area (Å²) in [7, 11) is 9.40. The van der Waals surface area contributed by atoms with Gasteiger partial charge in [0.15, 0.2) is 0 Å². The number of carbonyl (C=O) groups excluding carboxylic acids is 4. The quantitative estimate of drug-likeness (QED) is 0.185. The van der Waals surface area contributed by atoms with Gasteiger partial charge in [0.05, 0.1) is 13.7 Å². The normalized spacial score (nSPS) is 12.8. The molecule has 284 valence electrons. The Labute approximate surface area is 317 Å². The zero-order valence-electron chi connectivity index (χ0n) is 31.8. The van der Waals surface area contributed by atoms with Crippen LogP contribution in [-0.4, -0.2) is 110 Å². The number of piperazine rings is 1. The molecule has 1 saturated heterocycles. The summed E-state index contributed by atoms with van der Waals surface area (Å²) in [6.45, 7) is -0.0855. The van der Waals surface area contributed by atoms with Crippen molar-refractivity contribution in [2.45, 2.75) is 32.8 Å². The van der Waals surface area contributed by atoms with Crippen LogP contribution in [-0.2, 0) is 52.0 Å². The van der Waals surface area contributed by atoms with Gasteiger partial charge in [-0.3, -0.25) is 19.2 Å². The lowest BCUT2D eigenvalue weighted by molar-refractivity contribution is -0.155. The topological polar surface area (TPSA) is 117 Å². The van der Waals surface area contributed by atoms with Crippen molar-refractivity contribution in [3.63, 3.8) is 0 Å². The molecule has 54 heavy (non-hydrogen) atoms. The predicted molar refractivity (Wildman–Crippen MR) is 209 cm³/mol. The molecule has 0 spiro atoms. The van der Waals surface area contributed by atoms with Gasteiger partial charge in [-0.05, 0) is 64.2 Å². The van der Waals surface area contributed by atoms with Crippen LogP contribution < -0.4 is 14.5 Å². The highest BCUT2D eigenvalue weighted by Crippen LogP contribution is 2.21. The largest absolute Gasteiger partial charge is 0.497 e. The van der Waals surface area contributed by atoms with Gasteiger partial charge in [0.1, 0.15) is 31.9 Å². The summed E-state index contributed by atoms with van der Waals surface area (Å²) in [5, 5.41) is 9.49. The average molecular weight is 735 g/mol. The van der Waals surface area contributed by atoms with Gasteiger partial charge >= 0.3 is 0 Å². The molecule has 0 saturated carbocycles. The summed E-state index contributed by atoms with van der Waals surface area (Å²) in [5.41, 5.74) is 6.34. The molecule has 1 aliphatic rings. The molecule has 0 atom stereocenters. The Kier molecular flexibility index (Phi) is 13.3. The van der Waals surface area contributed by atoms with Crippen molar-refractivity contribution >= 4 is 35.0 Å². The molecule has 4 aromatic rings. The van der Waals surface area contributed by atoms with Crippen LogP contribution in [0.1, 0.15) is 27.8 Å². The molecule has 1 heterocycles. The zero-order chi connectivity index (χ0) is 38.8. The van der Waals surface area contributed by atoms with E-state index in [0.29, 0.717) is 25.4 Å². The lowest BCUT2D eigenvalue weighted by atomic mass is 10.1. The second kappa shape index (κ2) is 18.2. The zero-order valence-corrected chi connectivity index (χ0v) is 31.8. The molecule has 4 aromatic carbocycles. The Morgan fingerprint density at radius 1 is 0.593 bits per heavy atom. The van der Waals surface area contributed by atoms with Gasteiger partial charge in [-0.15, -0.1) is 0 Å². The molecular formula is C42H50N6O6. The van der Waals surface area contributed by atoms with Crippen molar-refractivity contribution in [3.8, 4) is 5.75 Å². The van der Waals surface area contributed by atoms with Crippen molar-refractivity contribution in [1.29, 1.82) is 0 Å². The number of aliphatic hydroxyl groups excluding tert-OH is 1. The predicted octanol–water partition coefficient (Wildman–Crippen LogP) is 3.75. The van der Waals surface area contributed by atoms with E-state index < -0.39 is 11.8 Å². The third-order valence-corrected chi connectivity index (χ3v) is 9.43. The number of benzene rings is 4. The first-order chi connectivity index (χ1) is 25.9. The smallest absolute Gasteiger partial charge is 0.243 e. The number of rotatable bonds is 16. The Balaban J connectivity index is 1.28. The fourth-order valence-electron chi connectivity index (χ4n) is 6.21. The lowest BCUT2D eigenvalue weighted by Crippen LogP contribution is -2.57. The molecule has 1 N–H and O–H groups in total. The van der Waals surface area contributed by atoms with Gasteiger partial charge in [-0.1, -0.05) is 60.7 Å². The molecule has 0 bridgehead atoms. The van der Waals surface area contributed by atoms with Gasteiger partial charge in [-0.2, -0.15) is 0 Å². The fourth-order valence-corrected chi connectivity index (χ4v) is 6.21. The minimum absolute atomic E-state index is 0.0840. The number of hydrogen-bond donors (Lipinski definition) is 1. The summed E-state index contributed by atoms with van der Waals surface area (Å²) < 4.78 is 5.30. The maximum absolute atomic E-state index is 13.9. The standard InChI is InChI=1S/C42H50N6O6/c1-43(2)36-10-6-8-34(20-36)24-45(22-31-12-14-33(30-49)15-13-31)39(50)26-47-28-42(53)48(29-41(47)52)27-40(51)46(23-32-16-18-38(54-5)19-17-32)25-35-9-7-11-37(21-35)44(3)4/h6-21,49H,22-30H2,1-5H3. The number of hydrogen-bond acceptors (Lipinski definition) is 8. The molecule has 12 nitrogen and oxygen atoms in total. The van der Waals surface area contributed by atoms with Crippen LogP contribution in [0.15, 0.2) is 97.1 Å². The van der Waals surface area contributed by atoms with Gasteiger partial charge < -0.3 is 39.2 Å². The molecule has 1 fully saturated rings. The lowest BCUT2D eigenvalue weighted by Gasteiger charge is -2.35. The number of amides is 4. The average Bonchev–Trinajstić information content (AvgIpc) is 3.17. The molecular weight excluding hydrogens is 684 g/mol. The number of ether oxygens (including phenoxy) is 1. The first kappa shape index (κ1) is 39.3. The summed E-state index contributed by atoms with van der Waals surface area (Å²) in [4.78, 5) is 64.7. The monoisotopic (exact) mass is 734 g/mol. The van der Waals surface area contributed by atoms with Gasteiger partial charge in [0.25, 0.3) is 0 Å². The van der Waals surface area contributed by atoms with Crippen molar-refractivity contribution in [2.24, 2.45) is 0 Å². The van der Waals surface area contributed by atoms with Crippen LogP contribution in [0, 0.1) is 0 Å². The number of methoxy groups -OCH3 is 1. The molecule has 0 radical (unpaired) electrons. The third-order valence-electron chi connectivity index (χ3n) is 9.43. The number of nitrogens with zero attached hydrogens (tertiary/aromatic N) is 6. The highest BCUT2D eigenvalue weighted by atomic mass is 16.5. The van der Waals surface area contributed by atoms with E-state index in [1.54, 1.807) is 16.9 Å². The van der Waals surface area contributed by atoms with E-state index in [-0.39, 0.29) is 51.1 Å². The maximum atomic E-state index is 13.9. The van der Waals surface area contributed by atoms with E-state index in [4.69, 9.17) is 4.74 Å². The minimum Gasteiger partial charge on any atom is -0.497 e. The molecule has 5 rings (SSSR count). The number of anilines is 2. The van der Waals surface area contributed by atoms with Crippen LogP contribution >= 0.6 is 0 Å². The second-order valence-electron chi connectivity index (χ2n) is 14.0. The van der Waals surface area contributed by atoms with Crippen molar-refractivity contribution < 1.29 is 29.0 Å². The summed E-state index contributed by atoms with van der Waals surface area (Å²) in [6, 6.07) is 30.6. The highest BCUT2D eigenvalue weighted by molar-refractivity contribution is 5.97. The van der Waals surface area contributed by atoms with E-state index in [2.05, 4.69) is 0 Å². The van der Waals surface area contributed by atoms with Crippen LogP contribution in [0.5, 0.6) is 5.75 Å². The van der Waals surface area contributed by atoms with Gasteiger partial charge in [-0.25, -0.2) is 0 Å². The SMILES string of the molecule is COc1ccc(CN(Cc2cccc(N(C)C)c2)C(=O)CN2CC(=O)N(CC(=O)N(Cc3ccc(CO)cc3)Cc3cccc(N(C)C)c3)CC2=O)cc1. The van der Waals surface area contributed by atoms with Crippen molar-refractivity contribution in [1.82, 2.24) is 19.6 Å². The molecule has 4 amide bonds. The first-order valence-electron chi connectivity index (χ1n) is 17.9. The summed E-state index contributed by atoms with van der Waals surface area (Å²) >= 11 is 0. The van der Waals surface area contributed by atoms with Crippen LogP contribution in [0.4, 0.5) is 11.4 Å². The molecule has 0 aromatic heterocycles. The Hall–Kier alpha value is -5.88. The van der Waals surface area contributed by atoms with E-state index in [0.717, 1.165) is 39.2 Å². The summed E-state index contributed by atoms with van der Waals surface area (Å²) in [6.07, 6.45) is 0. The number of aliphatic hydroxyl groups is 1. The van der Waals surface area contributed by atoms with E-state index in [9.17, 15) is 24.3 Å². The first-order valence-corrected chi connectivity index (χ1v) is 17.9.